The lowest BCUT2D eigenvalue weighted by atomic mass is 9.99. The van der Waals surface area contributed by atoms with Gasteiger partial charge >= 0.3 is 5.97 Å². The molecule has 0 unspecified atom stereocenters. The van der Waals surface area contributed by atoms with E-state index in [0.717, 1.165) is 0 Å². The lowest BCUT2D eigenvalue weighted by Gasteiger charge is -2.22. The predicted octanol–water partition coefficient (Wildman–Crippen LogP) is 1.75. The summed E-state index contributed by atoms with van der Waals surface area (Å²) in [5.41, 5.74) is 0. The third-order valence-electron chi connectivity index (χ3n) is 3.90. The summed E-state index contributed by atoms with van der Waals surface area (Å²) >= 11 is 0. The van der Waals surface area contributed by atoms with Gasteiger partial charge in [-0.05, 0) is 18.1 Å². The Hall–Kier alpha value is -2.15. The molecular weight excluding hydrogens is 315 g/mol. The van der Waals surface area contributed by atoms with Crippen LogP contribution in [0.4, 0.5) is 4.39 Å². The maximum Gasteiger partial charge on any atom is 0.320 e. The van der Waals surface area contributed by atoms with Crippen LogP contribution in [0, 0.1) is 11.7 Å². The van der Waals surface area contributed by atoms with Gasteiger partial charge < -0.3 is 14.7 Å². The number of rotatable bonds is 10. The maximum absolute atomic E-state index is 13.4. The van der Waals surface area contributed by atoms with Crippen molar-refractivity contribution < 1.29 is 23.8 Å². The van der Waals surface area contributed by atoms with E-state index in [9.17, 15) is 19.1 Å². The molecule has 134 valence electrons. The maximum atomic E-state index is 13.4. The number of carboxylic acids is 1. The Morgan fingerprint density at radius 3 is 2.62 bits per heavy atom. The van der Waals surface area contributed by atoms with Crippen LogP contribution in [-0.2, 0) is 9.59 Å². The van der Waals surface area contributed by atoms with Gasteiger partial charge in [0.2, 0.25) is 5.91 Å². The molecule has 0 aliphatic carbocycles. The normalized spacial score (nSPS) is 13.2. The molecule has 0 radical (unpaired) electrons. The first-order valence-corrected chi connectivity index (χ1v) is 7.94. The molecule has 0 aliphatic rings. The van der Waals surface area contributed by atoms with Gasteiger partial charge in [0.05, 0.1) is 13.1 Å². The third kappa shape index (κ3) is 6.16. The second-order valence-corrected chi connectivity index (χ2v) is 5.68. The zero-order valence-corrected chi connectivity index (χ0v) is 14.3. The number of likely N-dealkylation sites (N-methyl/N-ethyl adjacent to an activating group) is 1. The number of para-hydroxylation sites is 1. The number of carbonyl (C=O) groups is 2. The van der Waals surface area contributed by atoms with Crippen LogP contribution in [-0.4, -0.2) is 54.7 Å². The van der Waals surface area contributed by atoms with Crippen molar-refractivity contribution in [2.24, 2.45) is 5.92 Å². The number of carbonyl (C=O) groups excluding carboxylic acids is 1. The molecule has 2 atom stereocenters. The summed E-state index contributed by atoms with van der Waals surface area (Å²) in [6.45, 7) is 4.07. The molecule has 0 fully saturated rings. The smallest absolute Gasteiger partial charge is 0.320 e. The number of halogens is 1. The van der Waals surface area contributed by atoms with Crippen LogP contribution in [0.25, 0.3) is 0 Å². The predicted molar refractivity (Wildman–Crippen MR) is 88.4 cm³/mol. The van der Waals surface area contributed by atoms with Crippen molar-refractivity contribution in [3.05, 3.63) is 30.1 Å². The fourth-order valence-corrected chi connectivity index (χ4v) is 2.08. The van der Waals surface area contributed by atoms with E-state index in [2.05, 4.69) is 5.32 Å². The molecule has 0 saturated carbocycles. The van der Waals surface area contributed by atoms with Crippen LogP contribution in [0.1, 0.15) is 20.3 Å². The van der Waals surface area contributed by atoms with Crippen LogP contribution >= 0.6 is 0 Å². The summed E-state index contributed by atoms with van der Waals surface area (Å²) in [6, 6.07) is 5.29. The summed E-state index contributed by atoms with van der Waals surface area (Å²) in [4.78, 5) is 24.7. The standard InChI is InChI=1S/C17H25FN2O4/c1-4-12(2)16(17(22)23)19-11-15(21)20(3)9-10-24-14-8-6-5-7-13(14)18/h5-8,12,16,19H,4,9-11H2,1-3H3,(H,22,23)/t12-,16-/m0/s1. The van der Waals surface area contributed by atoms with Gasteiger partial charge in [0.25, 0.3) is 0 Å². The quantitative estimate of drug-likeness (QED) is 0.678. The van der Waals surface area contributed by atoms with Crippen molar-refractivity contribution in [2.45, 2.75) is 26.3 Å². The zero-order valence-electron chi connectivity index (χ0n) is 14.3. The highest BCUT2D eigenvalue weighted by molar-refractivity contribution is 5.80. The van der Waals surface area contributed by atoms with Crippen molar-refractivity contribution in [2.75, 3.05) is 26.7 Å². The largest absolute Gasteiger partial charge is 0.489 e. The fraction of sp³-hybridized carbons (Fsp3) is 0.529. The lowest BCUT2D eigenvalue weighted by molar-refractivity contribution is -0.141. The van der Waals surface area contributed by atoms with Gasteiger partial charge in [0, 0.05) is 7.05 Å². The minimum Gasteiger partial charge on any atom is -0.489 e. The summed E-state index contributed by atoms with van der Waals surface area (Å²) in [5, 5.41) is 12.0. The van der Waals surface area contributed by atoms with Crippen molar-refractivity contribution in [3.8, 4) is 5.75 Å². The van der Waals surface area contributed by atoms with E-state index in [1.54, 1.807) is 19.2 Å². The van der Waals surface area contributed by atoms with Gasteiger partial charge in [-0.25, -0.2) is 4.39 Å². The highest BCUT2D eigenvalue weighted by Crippen LogP contribution is 2.15. The van der Waals surface area contributed by atoms with E-state index in [0.29, 0.717) is 6.42 Å². The molecule has 0 bridgehead atoms. The molecule has 2 N–H and O–H groups in total. The van der Waals surface area contributed by atoms with E-state index in [-0.39, 0.29) is 37.3 Å². The first-order valence-electron chi connectivity index (χ1n) is 7.94. The van der Waals surface area contributed by atoms with Crippen LogP contribution in [0.2, 0.25) is 0 Å². The lowest BCUT2D eigenvalue weighted by Crippen LogP contribution is -2.47. The molecule has 24 heavy (non-hydrogen) atoms. The topological polar surface area (TPSA) is 78.9 Å². The molecular formula is C17H25FN2O4. The van der Waals surface area contributed by atoms with E-state index in [1.807, 2.05) is 13.8 Å². The number of benzene rings is 1. The second kappa shape index (κ2) is 9.87. The molecule has 1 rings (SSSR count). The van der Waals surface area contributed by atoms with Crippen molar-refractivity contribution >= 4 is 11.9 Å². The molecule has 0 aliphatic heterocycles. The van der Waals surface area contributed by atoms with Crippen LogP contribution in [0.3, 0.4) is 0 Å². The van der Waals surface area contributed by atoms with Crippen LogP contribution in [0.15, 0.2) is 24.3 Å². The number of carboxylic acid groups (broad SMARTS) is 1. The van der Waals surface area contributed by atoms with Crippen molar-refractivity contribution in [3.63, 3.8) is 0 Å². The zero-order chi connectivity index (χ0) is 18.1. The van der Waals surface area contributed by atoms with Crippen molar-refractivity contribution in [1.29, 1.82) is 0 Å². The third-order valence-corrected chi connectivity index (χ3v) is 3.90. The molecule has 1 aromatic rings. The first kappa shape index (κ1) is 19.9. The Morgan fingerprint density at radius 2 is 2.04 bits per heavy atom. The van der Waals surface area contributed by atoms with E-state index in [1.165, 1.54) is 17.0 Å². The van der Waals surface area contributed by atoms with Gasteiger partial charge in [-0.3, -0.25) is 14.9 Å². The Kier molecular flexibility index (Phi) is 8.18. The minimum absolute atomic E-state index is 0.0719. The number of hydrogen-bond donors (Lipinski definition) is 2. The molecule has 7 heteroatoms. The van der Waals surface area contributed by atoms with Crippen LogP contribution < -0.4 is 10.1 Å². The van der Waals surface area contributed by atoms with Gasteiger partial charge in [0.1, 0.15) is 12.6 Å². The molecule has 0 heterocycles. The number of aliphatic carboxylic acids is 1. The monoisotopic (exact) mass is 340 g/mol. The fourth-order valence-electron chi connectivity index (χ4n) is 2.08. The highest BCUT2D eigenvalue weighted by Gasteiger charge is 2.24. The average Bonchev–Trinajstić information content (AvgIpc) is 2.55. The number of nitrogens with one attached hydrogen (secondary N) is 1. The molecule has 1 aromatic carbocycles. The SMILES string of the molecule is CC[C@H](C)[C@H](NCC(=O)N(C)CCOc1ccccc1F)C(=O)O. The van der Waals surface area contributed by atoms with Crippen LogP contribution in [0.5, 0.6) is 5.75 Å². The summed E-state index contributed by atoms with van der Waals surface area (Å²) in [6.07, 6.45) is 0.699. The van der Waals surface area contributed by atoms with Gasteiger partial charge in [-0.1, -0.05) is 32.4 Å². The molecule has 1 amide bonds. The number of ether oxygens (including phenoxy) is 1. The minimum atomic E-state index is -0.970. The Labute approximate surface area is 141 Å². The molecule has 0 aromatic heterocycles. The van der Waals surface area contributed by atoms with Gasteiger partial charge in [-0.15, -0.1) is 0 Å². The Bertz CT molecular complexity index is 553. The highest BCUT2D eigenvalue weighted by atomic mass is 19.1. The number of amides is 1. The average molecular weight is 340 g/mol. The molecule has 6 nitrogen and oxygen atoms in total. The van der Waals surface area contributed by atoms with E-state index < -0.39 is 17.8 Å². The van der Waals surface area contributed by atoms with Gasteiger partial charge in [0.15, 0.2) is 11.6 Å². The molecule has 0 spiro atoms. The summed E-state index contributed by atoms with van der Waals surface area (Å²) in [5.74, 6) is -1.61. The van der Waals surface area contributed by atoms with Crippen molar-refractivity contribution in [1.82, 2.24) is 10.2 Å². The van der Waals surface area contributed by atoms with E-state index in [4.69, 9.17) is 4.74 Å². The number of nitrogens with zero attached hydrogens (tertiary/aromatic N) is 1. The second-order valence-electron chi connectivity index (χ2n) is 5.68. The Morgan fingerprint density at radius 1 is 1.38 bits per heavy atom. The summed E-state index contributed by atoms with van der Waals surface area (Å²) in [7, 11) is 1.59. The van der Waals surface area contributed by atoms with E-state index >= 15 is 0 Å². The molecule has 0 saturated heterocycles. The van der Waals surface area contributed by atoms with Gasteiger partial charge in [-0.2, -0.15) is 0 Å². The summed E-state index contributed by atoms with van der Waals surface area (Å²) < 4.78 is 18.7. The first-order chi connectivity index (χ1) is 11.4. The number of hydrogen-bond acceptors (Lipinski definition) is 4. The Balaban J connectivity index is 2.39.